The van der Waals surface area contributed by atoms with E-state index in [1.165, 1.54) is 7.11 Å². The molecule has 5 aliphatic heterocycles. The van der Waals surface area contributed by atoms with Gasteiger partial charge in [0, 0.05) is 63.7 Å². The Hall–Kier alpha value is -0.800. The molecule has 228 valence electrons. The molecule has 5 saturated heterocycles. The van der Waals surface area contributed by atoms with Crippen LogP contribution in [0.15, 0.2) is 0 Å². The first-order valence-electron chi connectivity index (χ1n) is 14.4. The van der Waals surface area contributed by atoms with E-state index in [0.717, 1.165) is 12.8 Å². The summed E-state index contributed by atoms with van der Waals surface area (Å²) in [7, 11) is 3.11. The number of carbonyl (C=O) groups excluding carboxylic acids is 2. The summed E-state index contributed by atoms with van der Waals surface area (Å²) < 4.78 is 38.2. The van der Waals surface area contributed by atoms with Crippen LogP contribution < -0.4 is 26.6 Å². The Kier molecular flexibility index (Phi) is 10.1. The van der Waals surface area contributed by atoms with Gasteiger partial charge in [-0.2, -0.15) is 0 Å². The van der Waals surface area contributed by atoms with Crippen molar-refractivity contribution in [3.05, 3.63) is 0 Å². The third-order valence-electron chi connectivity index (χ3n) is 9.50. The van der Waals surface area contributed by atoms with Gasteiger partial charge in [-0.1, -0.05) is 0 Å². The predicted molar refractivity (Wildman–Crippen MR) is 149 cm³/mol. The fourth-order valence-corrected chi connectivity index (χ4v) is 9.09. The van der Waals surface area contributed by atoms with Gasteiger partial charge in [0.25, 0.3) is 0 Å². The zero-order chi connectivity index (χ0) is 28.6. The van der Waals surface area contributed by atoms with Crippen LogP contribution in [0, 0.1) is 23.7 Å². The molecule has 5 fully saturated rings. The number of likely N-dealkylation sites (tertiary alicyclic amines) is 1. The number of halogens is 3. The first kappa shape index (κ1) is 30.7. The van der Waals surface area contributed by atoms with Crippen LogP contribution >= 0.6 is 23.4 Å². The van der Waals surface area contributed by atoms with Crippen molar-refractivity contribution < 1.29 is 27.8 Å². The molecule has 0 bridgehead atoms. The van der Waals surface area contributed by atoms with Gasteiger partial charge in [-0.15, -0.1) is 23.4 Å². The molecule has 5 N–H and O–H groups in total. The number of methoxy groups -OCH3 is 2. The number of ether oxygens (including phenoxy) is 2. The van der Waals surface area contributed by atoms with Gasteiger partial charge in [0.15, 0.2) is 0 Å². The molecule has 0 aromatic rings. The zero-order valence-corrected chi connectivity index (χ0v) is 24.9. The number of rotatable bonds is 7. The number of fused-ring (bicyclic) bond motifs is 1. The first-order chi connectivity index (χ1) is 19.2. The number of piperidine rings is 3. The summed E-state index contributed by atoms with van der Waals surface area (Å²) in [5, 5.41) is 16.6. The van der Waals surface area contributed by atoms with Gasteiger partial charge in [0.2, 0.25) is 18.2 Å². The maximum atomic E-state index is 13.6. The first-order valence-corrected chi connectivity index (χ1v) is 15.8. The molecule has 10 nitrogen and oxygen atoms in total. The second-order valence-corrected chi connectivity index (χ2v) is 13.7. The maximum Gasteiger partial charge on any atom is 0.244 e. The Labute approximate surface area is 244 Å². The van der Waals surface area contributed by atoms with Crippen molar-refractivity contribution in [1.29, 1.82) is 0 Å². The van der Waals surface area contributed by atoms with Crippen LogP contribution in [-0.4, -0.2) is 117 Å². The average molecular weight is 609 g/mol. The number of hydrogen-bond donors (Lipinski definition) is 5. The summed E-state index contributed by atoms with van der Waals surface area (Å²) in [5.41, 5.74) is -0.388. The smallest absolute Gasteiger partial charge is 0.244 e. The number of nitrogens with one attached hydrogen (secondary N) is 5. The summed E-state index contributed by atoms with van der Waals surface area (Å²) in [6.07, 6.45) is -1.48. The summed E-state index contributed by atoms with van der Waals surface area (Å²) in [6.45, 7) is 4.74. The Morgan fingerprint density at radius 1 is 1.07 bits per heavy atom. The number of thioether (sulfide) groups is 1. The predicted octanol–water partition coefficient (Wildman–Crippen LogP) is 0.364. The average Bonchev–Trinajstić information content (AvgIpc) is 3.50. The van der Waals surface area contributed by atoms with Crippen molar-refractivity contribution in [3.8, 4) is 0 Å². The van der Waals surface area contributed by atoms with Crippen LogP contribution in [0.5, 0.6) is 0 Å². The molecule has 0 saturated carbocycles. The lowest BCUT2D eigenvalue weighted by Crippen LogP contribution is -2.60. The third-order valence-corrected chi connectivity index (χ3v) is 11.2. The van der Waals surface area contributed by atoms with Gasteiger partial charge in [0.1, 0.15) is 11.5 Å². The van der Waals surface area contributed by atoms with Crippen molar-refractivity contribution in [2.45, 2.75) is 79.2 Å². The Morgan fingerprint density at radius 3 is 2.58 bits per heavy atom. The van der Waals surface area contributed by atoms with E-state index in [0.29, 0.717) is 38.8 Å². The highest BCUT2D eigenvalue weighted by Gasteiger charge is 2.49. The molecular weight excluding hydrogens is 566 g/mol. The molecule has 40 heavy (non-hydrogen) atoms. The summed E-state index contributed by atoms with van der Waals surface area (Å²) >= 11 is 8.07. The van der Waals surface area contributed by atoms with E-state index < -0.39 is 24.5 Å². The van der Waals surface area contributed by atoms with Gasteiger partial charge in [-0.3, -0.25) is 20.2 Å². The number of carbonyl (C=O) groups is 2. The molecule has 5 rings (SSSR count). The molecule has 0 aromatic heterocycles. The SMILES string of the molecule is COC1CNC(Cl)CC1C1CC(C)NCC1C(=O)NC1NC2CN(C(=O)C3NCCC(C(F)F)C3OC)CC2S1. The van der Waals surface area contributed by atoms with Gasteiger partial charge < -0.3 is 30.3 Å². The minimum absolute atomic E-state index is 0.00852. The van der Waals surface area contributed by atoms with Crippen LogP contribution in [-0.2, 0) is 19.1 Å². The lowest BCUT2D eigenvalue weighted by Gasteiger charge is -2.45. The van der Waals surface area contributed by atoms with Gasteiger partial charge >= 0.3 is 0 Å². The number of nitrogens with zero attached hydrogens (tertiary/aromatic N) is 1. The van der Waals surface area contributed by atoms with E-state index in [1.54, 1.807) is 23.8 Å². The molecule has 5 heterocycles. The van der Waals surface area contributed by atoms with Crippen LogP contribution in [0.25, 0.3) is 0 Å². The van der Waals surface area contributed by atoms with Crippen molar-refractivity contribution in [2.75, 3.05) is 46.9 Å². The van der Waals surface area contributed by atoms with Crippen molar-refractivity contribution in [1.82, 2.24) is 31.5 Å². The molecular formula is C26H43ClF2N6O4S. The van der Waals surface area contributed by atoms with Crippen LogP contribution in [0.4, 0.5) is 8.78 Å². The highest BCUT2D eigenvalue weighted by atomic mass is 35.5. The van der Waals surface area contributed by atoms with E-state index >= 15 is 0 Å². The molecule has 12 unspecified atom stereocenters. The Bertz CT molecular complexity index is 899. The van der Waals surface area contributed by atoms with Crippen molar-refractivity contribution >= 4 is 35.2 Å². The van der Waals surface area contributed by atoms with E-state index in [1.807, 2.05) is 0 Å². The second-order valence-electron chi connectivity index (χ2n) is 11.9. The lowest BCUT2D eigenvalue weighted by molar-refractivity contribution is -0.142. The molecule has 14 heteroatoms. The molecule has 0 aromatic carbocycles. The zero-order valence-electron chi connectivity index (χ0n) is 23.3. The molecule has 2 amide bonds. The molecule has 5 aliphatic rings. The normalized spacial score (nSPS) is 44.0. The van der Waals surface area contributed by atoms with Crippen molar-refractivity contribution in [3.63, 3.8) is 0 Å². The topological polar surface area (TPSA) is 116 Å². The van der Waals surface area contributed by atoms with E-state index in [-0.39, 0.29) is 64.4 Å². The highest BCUT2D eigenvalue weighted by Crippen LogP contribution is 2.39. The third kappa shape index (κ3) is 6.41. The molecule has 12 atom stereocenters. The van der Waals surface area contributed by atoms with Crippen LogP contribution in [0.1, 0.15) is 26.2 Å². The van der Waals surface area contributed by atoms with Crippen LogP contribution in [0.3, 0.4) is 0 Å². The highest BCUT2D eigenvalue weighted by molar-refractivity contribution is 8.00. The summed E-state index contributed by atoms with van der Waals surface area (Å²) in [5.74, 6) is -1.02. The molecule has 0 radical (unpaired) electrons. The quantitative estimate of drug-likeness (QED) is 0.206. The van der Waals surface area contributed by atoms with Gasteiger partial charge in [-0.05, 0) is 44.6 Å². The number of alkyl halides is 3. The van der Waals surface area contributed by atoms with E-state index in [2.05, 4.69) is 33.5 Å². The standard InChI is InChI=1S/C26H43ClF2N6O4S/c1-12-6-14(15-7-20(27)32-9-18(15)38-2)16(8-31-12)24(36)34-26-33-17-10-35(11-19(17)40-26)25(37)21-22(39-3)13(23(28)29)4-5-30-21/h12-23,26,30-33H,4-11H2,1-3H3,(H,34,36). The molecule has 0 spiro atoms. The Balaban J connectivity index is 1.17. The number of amides is 2. The van der Waals surface area contributed by atoms with Crippen molar-refractivity contribution in [2.24, 2.45) is 23.7 Å². The largest absolute Gasteiger partial charge is 0.380 e. The van der Waals surface area contributed by atoms with Gasteiger partial charge in [0.05, 0.1) is 23.6 Å². The second kappa shape index (κ2) is 13.2. The van der Waals surface area contributed by atoms with Crippen LogP contribution in [0.2, 0.25) is 0 Å². The van der Waals surface area contributed by atoms with Gasteiger partial charge in [-0.25, -0.2) is 8.78 Å². The monoisotopic (exact) mass is 608 g/mol. The molecule has 0 aliphatic carbocycles. The van der Waals surface area contributed by atoms with E-state index in [4.69, 9.17) is 21.1 Å². The Morgan fingerprint density at radius 2 is 1.88 bits per heavy atom. The fourth-order valence-electron chi connectivity index (χ4n) is 7.38. The minimum atomic E-state index is -2.53. The number of hydrogen-bond acceptors (Lipinski definition) is 9. The van der Waals surface area contributed by atoms with E-state index in [9.17, 15) is 18.4 Å². The fraction of sp³-hybridized carbons (Fsp3) is 0.923. The lowest BCUT2D eigenvalue weighted by atomic mass is 9.70. The summed E-state index contributed by atoms with van der Waals surface area (Å²) in [4.78, 5) is 28.7. The maximum absolute atomic E-state index is 13.6. The minimum Gasteiger partial charge on any atom is -0.380 e. The summed E-state index contributed by atoms with van der Waals surface area (Å²) in [6, 6.07) is -0.465.